The van der Waals surface area contributed by atoms with Gasteiger partial charge in [0.05, 0.1) is 22.7 Å². The van der Waals surface area contributed by atoms with Gasteiger partial charge in [0.2, 0.25) is 5.91 Å². The number of aliphatic imine (C=N–C) groups is 1. The molecule has 2 aromatic rings. The van der Waals surface area contributed by atoms with Crippen molar-refractivity contribution in [2.45, 2.75) is 6.42 Å². The number of nitrogens with zero attached hydrogens (tertiary/aromatic N) is 2. The first-order valence-corrected chi connectivity index (χ1v) is 8.85. The minimum absolute atomic E-state index is 0.142. The Hall–Kier alpha value is -1.92. The van der Waals surface area contributed by atoms with E-state index in [0.717, 1.165) is 27.2 Å². The van der Waals surface area contributed by atoms with Crippen LogP contribution >= 0.6 is 27.7 Å². The number of rotatable bonds is 4. The van der Waals surface area contributed by atoms with Gasteiger partial charge in [0, 0.05) is 16.5 Å². The monoisotopic (exact) mass is 387 g/mol. The Morgan fingerprint density at radius 1 is 1.26 bits per heavy atom. The van der Waals surface area contributed by atoms with Gasteiger partial charge in [0.25, 0.3) is 0 Å². The molecule has 0 saturated carbocycles. The maximum absolute atomic E-state index is 11.8. The van der Waals surface area contributed by atoms with Gasteiger partial charge in [-0.3, -0.25) is 4.79 Å². The Labute approximate surface area is 147 Å². The second-order valence-corrected chi connectivity index (χ2v) is 6.82. The van der Waals surface area contributed by atoms with Gasteiger partial charge in [-0.1, -0.05) is 52.3 Å². The highest BCUT2D eigenvalue weighted by atomic mass is 79.9. The van der Waals surface area contributed by atoms with Crippen molar-refractivity contribution in [1.82, 2.24) is 5.43 Å². The smallest absolute Gasteiger partial charge is 0.250 e. The van der Waals surface area contributed by atoms with Crippen LogP contribution in [0.2, 0.25) is 0 Å². The molecule has 1 aliphatic heterocycles. The standard InChI is InChI=1S/C17H14BrN3OS/c18-14-7-3-1-6-13(14)10-19-21-16(22)11-23-17-9-12-5-2-4-8-15(12)20-17/h1-8,10H,9,11H2,(H,21,22)/b19-10+. The van der Waals surface area contributed by atoms with E-state index in [1.165, 1.54) is 17.3 Å². The number of halogens is 1. The van der Waals surface area contributed by atoms with Gasteiger partial charge in [-0.15, -0.1) is 11.8 Å². The highest BCUT2D eigenvalue weighted by Gasteiger charge is 2.15. The van der Waals surface area contributed by atoms with E-state index in [1.54, 1.807) is 6.21 Å². The number of benzene rings is 2. The zero-order chi connectivity index (χ0) is 16.1. The minimum Gasteiger partial charge on any atom is -0.272 e. The molecule has 0 bridgehead atoms. The molecule has 1 aliphatic rings. The van der Waals surface area contributed by atoms with Crippen LogP contribution in [0.15, 0.2) is 63.1 Å². The second kappa shape index (κ2) is 7.57. The summed E-state index contributed by atoms with van der Waals surface area (Å²) < 4.78 is 0.936. The summed E-state index contributed by atoms with van der Waals surface area (Å²) in [5.41, 5.74) is 5.66. The average Bonchev–Trinajstić information content (AvgIpc) is 2.98. The topological polar surface area (TPSA) is 53.8 Å². The van der Waals surface area contributed by atoms with Crippen LogP contribution in [-0.2, 0) is 11.2 Å². The van der Waals surface area contributed by atoms with Crippen LogP contribution in [0.3, 0.4) is 0 Å². The first-order chi connectivity index (χ1) is 11.2. The molecular weight excluding hydrogens is 374 g/mol. The van der Waals surface area contributed by atoms with Crippen molar-refractivity contribution < 1.29 is 4.79 Å². The lowest BCUT2D eigenvalue weighted by Gasteiger charge is -2.00. The number of thioether (sulfide) groups is 1. The Kier molecular flexibility index (Phi) is 5.25. The average molecular weight is 388 g/mol. The molecule has 3 rings (SSSR count). The van der Waals surface area contributed by atoms with E-state index in [2.05, 4.69) is 37.5 Å². The third-order valence-electron chi connectivity index (χ3n) is 3.25. The third-order valence-corrected chi connectivity index (χ3v) is 4.94. The molecule has 0 saturated heterocycles. The number of carbonyl (C=O) groups is 1. The number of para-hydroxylation sites is 1. The van der Waals surface area contributed by atoms with E-state index >= 15 is 0 Å². The number of amides is 1. The predicted octanol–water partition coefficient (Wildman–Crippen LogP) is 3.92. The lowest BCUT2D eigenvalue weighted by molar-refractivity contribution is -0.118. The van der Waals surface area contributed by atoms with Crippen LogP contribution in [-0.4, -0.2) is 22.9 Å². The highest BCUT2D eigenvalue weighted by Crippen LogP contribution is 2.29. The van der Waals surface area contributed by atoms with E-state index in [4.69, 9.17) is 0 Å². The highest BCUT2D eigenvalue weighted by molar-refractivity contribution is 9.10. The normalized spacial score (nSPS) is 13.0. The maximum Gasteiger partial charge on any atom is 0.250 e. The van der Waals surface area contributed by atoms with E-state index in [1.807, 2.05) is 42.5 Å². The van der Waals surface area contributed by atoms with Crippen LogP contribution in [0, 0.1) is 0 Å². The van der Waals surface area contributed by atoms with Crippen molar-refractivity contribution in [2.75, 3.05) is 5.75 Å². The zero-order valence-electron chi connectivity index (χ0n) is 12.2. The molecule has 0 unspecified atom stereocenters. The van der Waals surface area contributed by atoms with Crippen LogP contribution in [0.1, 0.15) is 11.1 Å². The second-order valence-electron chi connectivity index (χ2n) is 4.91. The first-order valence-electron chi connectivity index (χ1n) is 7.07. The van der Waals surface area contributed by atoms with Crippen molar-refractivity contribution in [3.8, 4) is 0 Å². The minimum atomic E-state index is -0.142. The van der Waals surface area contributed by atoms with Crippen LogP contribution in [0.4, 0.5) is 5.69 Å². The Balaban J connectivity index is 1.47. The fourth-order valence-corrected chi connectivity index (χ4v) is 3.29. The van der Waals surface area contributed by atoms with Gasteiger partial charge in [-0.2, -0.15) is 5.10 Å². The molecule has 0 fully saturated rings. The Morgan fingerprint density at radius 3 is 2.87 bits per heavy atom. The molecule has 0 aliphatic carbocycles. The van der Waals surface area contributed by atoms with Crippen LogP contribution < -0.4 is 5.43 Å². The molecule has 0 spiro atoms. The molecule has 1 heterocycles. The van der Waals surface area contributed by atoms with Crippen molar-refractivity contribution in [1.29, 1.82) is 0 Å². The summed E-state index contributed by atoms with van der Waals surface area (Å²) in [6.07, 6.45) is 2.42. The van der Waals surface area contributed by atoms with E-state index in [9.17, 15) is 4.79 Å². The predicted molar refractivity (Wildman–Crippen MR) is 99.6 cm³/mol. The summed E-state index contributed by atoms with van der Waals surface area (Å²) in [6, 6.07) is 15.7. The number of fused-ring (bicyclic) bond motifs is 1. The maximum atomic E-state index is 11.8. The molecule has 4 nitrogen and oxygen atoms in total. The van der Waals surface area contributed by atoms with Gasteiger partial charge < -0.3 is 0 Å². The first kappa shape index (κ1) is 16.0. The SMILES string of the molecule is O=C(CSC1=Nc2ccccc2C1)N/N=C/c1ccccc1Br. The summed E-state index contributed by atoms with van der Waals surface area (Å²) in [6.45, 7) is 0. The van der Waals surface area contributed by atoms with Gasteiger partial charge in [0.1, 0.15) is 0 Å². The lowest BCUT2D eigenvalue weighted by atomic mass is 10.2. The molecule has 6 heteroatoms. The largest absolute Gasteiger partial charge is 0.272 e. The summed E-state index contributed by atoms with van der Waals surface area (Å²) >= 11 is 4.88. The molecule has 0 aromatic heterocycles. The quantitative estimate of drug-likeness (QED) is 0.638. The fraction of sp³-hybridized carbons (Fsp3) is 0.118. The third kappa shape index (κ3) is 4.30. The molecule has 1 N–H and O–H groups in total. The number of nitrogens with one attached hydrogen (secondary N) is 1. The summed E-state index contributed by atoms with van der Waals surface area (Å²) in [4.78, 5) is 16.4. The van der Waals surface area contributed by atoms with Gasteiger partial charge in [0.15, 0.2) is 0 Å². The molecule has 116 valence electrons. The molecule has 0 atom stereocenters. The molecule has 23 heavy (non-hydrogen) atoms. The molecular formula is C17H14BrN3OS. The lowest BCUT2D eigenvalue weighted by Crippen LogP contribution is -2.20. The summed E-state index contributed by atoms with van der Waals surface area (Å²) in [5.74, 6) is 0.164. The van der Waals surface area contributed by atoms with E-state index < -0.39 is 0 Å². The number of hydrogen-bond acceptors (Lipinski definition) is 4. The Bertz CT molecular complexity index is 789. The van der Waals surface area contributed by atoms with E-state index in [-0.39, 0.29) is 5.91 Å². The number of hydrazone groups is 1. The van der Waals surface area contributed by atoms with Gasteiger partial charge in [-0.05, 0) is 17.7 Å². The van der Waals surface area contributed by atoms with E-state index in [0.29, 0.717) is 5.75 Å². The van der Waals surface area contributed by atoms with Crippen LogP contribution in [0.5, 0.6) is 0 Å². The molecule has 2 aromatic carbocycles. The van der Waals surface area contributed by atoms with Gasteiger partial charge in [-0.25, -0.2) is 10.4 Å². The van der Waals surface area contributed by atoms with Gasteiger partial charge >= 0.3 is 0 Å². The number of hydrogen-bond donors (Lipinski definition) is 1. The van der Waals surface area contributed by atoms with Crippen molar-refractivity contribution in [2.24, 2.45) is 10.1 Å². The van der Waals surface area contributed by atoms with Crippen molar-refractivity contribution in [3.05, 3.63) is 64.1 Å². The summed E-state index contributed by atoms with van der Waals surface area (Å²) in [7, 11) is 0. The Morgan fingerprint density at radius 2 is 2.04 bits per heavy atom. The molecule has 0 radical (unpaired) electrons. The summed E-state index contributed by atoms with van der Waals surface area (Å²) in [5, 5.41) is 4.95. The zero-order valence-corrected chi connectivity index (χ0v) is 14.6. The van der Waals surface area contributed by atoms with Crippen molar-refractivity contribution >= 4 is 50.5 Å². The fourth-order valence-electron chi connectivity index (χ4n) is 2.12. The number of carbonyl (C=O) groups excluding carboxylic acids is 1. The van der Waals surface area contributed by atoms with Crippen molar-refractivity contribution in [3.63, 3.8) is 0 Å². The van der Waals surface area contributed by atoms with Crippen LogP contribution in [0.25, 0.3) is 0 Å². The molecule has 1 amide bonds.